The molecule has 0 aliphatic carbocycles. The van der Waals surface area contributed by atoms with E-state index in [1.807, 2.05) is 24.3 Å². The minimum absolute atomic E-state index is 0.0209. The van der Waals surface area contributed by atoms with Crippen molar-refractivity contribution in [3.63, 3.8) is 0 Å². The van der Waals surface area contributed by atoms with Crippen molar-refractivity contribution >= 4 is 40.6 Å². The molecule has 3 rings (SSSR count). The molecule has 1 heterocycles. The van der Waals surface area contributed by atoms with E-state index < -0.39 is 10.2 Å². The van der Waals surface area contributed by atoms with E-state index in [0.717, 1.165) is 10.6 Å². The largest absolute Gasteiger partial charge is 0.326 e. The van der Waals surface area contributed by atoms with Crippen molar-refractivity contribution in [2.45, 2.75) is 23.5 Å². The van der Waals surface area contributed by atoms with Gasteiger partial charge in [0.25, 0.3) is 5.69 Å². The maximum absolute atomic E-state index is 12.3. The van der Waals surface area contributed by atoms with Crippen LogP contribution in [0.25, 0.3) is 0 Å². The van der Waals surface area contributed by atoms with E-state index in [4.69, 9.17) is 0 Å². The Morgan fingerprint density at radius 1 is 1.32 bits per heavy atom. The number of nitrogens with zero attached hydrogens (tertiary/aromatic N) is 1. The predicted molar refractivity (Wildman–Crippen MR) is 95.8 cm³/mol. The quantitative estimate of drug-likeness (QED) is 0.645. The van der Waals surface area contributed by atoms with Gasteiger partial charge in [-0.3, -0.25) is 19.7 Å². The van der Waals surface area contributed by atoms with Gasteiger partial charge in [-0.2, -0.15) is 0 Å². The van der Waals surface area contributed by atoms with Crippen LogP contribution in [0.3, 0.4) is 0 Å². The van der Waals surface area contributed by atoms with E-state index in [0.29, 0.717) is 11.3 Å². The summed E-state index contributed by atoms with van der Waals surface area (Å²) in [7, 11) is 0. The molecule has 0 spiro atoms. The van der Waals surface area contributed by atoms with Gasteiger partial charge in [0, 0.05) is 23.4 Å². The first-order chi connectivity index (χ1) is 11.9. The van der Waals surface area contributed by atoms with Gasteiger partial charge in [-0.25, -0.2) is 0 Å². The number of rotatable bonds is 4. The maximum Gasteiger partial charge on any atom is 0.271 e. The average Bonchev–Trinajstić information content (AvgIpc) is 2.57. The van der Waals surface area contributed by atoms with Crippen molar-refractivity contribution in [1.29, 1.82) is 0 Å². The second-order valence-electron chi connectivity index (χ2n) is 5.60. The summed E-state index contributed by atoms with van der Waals surface area (Å²) in [5.41, 5.74) is 1.73. The highest BCUT2D eigenvalue weighted by molar-refractivity contribution is 8.01. The van der Waals surface area contributed by atoms with Crippen LogP contribution in [0.5, 0.6) is 0 Å². The number of non-ortho nitro benzene ring substituents is 1. The van der Waals surface area contributed by atoms with Gasteiger partial charge in [-0.15, -0.1) is 11.8 Å². The molecule has 1 aliphatic rings. The minimum Gasteiger partial charge on any atom is -0.326 e. The molecule has 7 nitrogen and oxygen atoms in total. The number of benzene rings is 2. The number of carbonyl (C=O) groups is 2. The Labute approximate surface area is 148 Å². The fraction of sp³-hybridized carbons (Fsp3) is 0.176. The van der Waals surface area contributed by atoms with Gasteiger partial charge in [-0.05, 0) is 24.6 Å². The fourth-order valence-electron chi connectivity index (χ4n) is 2.45. The van der Waals surface area contributed by atoms with Gasteiger partial charge >= 0.3 is 0 Å². The third kappa shape index (κ3) is 3.80. The molecule has 0 aromatic heterocycles. The van der Waals surface area contributed by atoms with Crippen molar-refractivity contribution < 1.29 is 14.5 Å². The molecule has 0 fully saturated rings. The molecule has 8 heteroatoms. The number of nitrogens with one attached hydrogen (secondary N) is 2. The van der Waals surface area contributed by atoms with E-state index in [-0.39, 0.29) is 23.9 Å². The lowest BCUT2D eigenvalue weighted by molar-refractivity contribution is -0.384. The molecule has 1 atom stereocenters. The Morgan fingerprint density at radius 3 is 2.84 bits per heavy atom. The second-order valence-corrected chi connectivity index (χ2v) is 6.85. The standard InChI is InChI=1S/C17H15N3O4S/c1-10-6-7-11(20(23)24)8-13(10)18-16(21)9-15-17(22)19-12-4-2-3-5-14(12)25-15/h2-8,15H,9H2,1H3,(H,18,21)(H,19,22)/t15-/m0/s1. The summed E-state index contributed by atoms with van der Waals surface area (Å²) in [5, 5.41) is 15.8. The van der Waals surface area contributed by atoms with Gasteiger partial charge in [0.15, 0.2) is 0 Å². The Kier molecular flexibility index (Phi) is 4.71. The third-order valence-electron chi connectivity index (χ3n) is 3.78. The van der Waals surface area contributed by atoms with Gasteiger partial charge in [-0.1, -0.05) is 18.2 Å². The van der Waals surface area contributed by atoms with Crippen LogP contribution in [0.2, 0.25) is 0 Å². The van der Waals surface area contributed by atoms with Crippen molar-refractivity contribution in [3.05, 3.63) is 58.1 Å². The number of fused-ring (bicyclic) bond motifs is 1. The van der Waals surface area contributed by atoms with Crippen molar-refractivity contribution in [3.8, 4) is 0 Å². The van der Waals surface area contributed by atoms with E-state index in [9.17, 15) is 19.7 Å². The number of anilines is 2. The van der Waals surface area contributed by atoms with Gasteiger partial charge in [0.1, 0.15) is 0 Å². The normalized spacial score (nSPS) is 15.9. The number of nitro benzene ring substituents is 1. The second kappa shape index (κ2) is 6.94. The van der Waals surface area contributed by atoms with Crippen molar-refractivity contribution in [2.24, 2.45) is 0 Å². The molecule has 0 saturated carbocycles. The number of nitro groups is 1. The van der Waals surface area contributed by atoms with Crippen LogP contribution in [0.15, 0.2) is 47.4 Å². The van der Waals surface area contributed by atoms with Crippen LogP contribution in [-0.4, -0.2) is 22.0 Å². The Balaban J connectivity index is 1.70. The summed E-state index contributed by atoms with van der Waals surface area (Å²) in [4.78, 5) is 35.7. The first-order valence-electron chi connectivity index (χ1n) is 7.55. The number of para-hydroxylation sites is 1. The Bertz CT molecular complexity index is 869. The van der Waals surface area contributed by atoms with Gasteiger partial charge in [0.2, 0.25) is 11.8 Å². The lowest BCUT2D eigenvalue weighted by atomic mass is 10.1. The summed E-state index contributed by atoms with van der Waals surface area (Å²) in [6.45, 7) is 1.75. The predicted octanol–water partition coefficient (Wildman–Crippen LogP) is 3.34. The first-order valence-corrected chi connectivity index (χ1v) is 8.43. The molecule has 1 aliphatic heterocycles. The summed E-state index contributed by atoms with van der Waals surface area (Å²) in [5.74, 6) is -0.592. The van der Waals surface area contributed by atoms with Crippen LogP contribution in [0.1, 0.15) is 12.0 Å². The molecular weight excluding hydrogens is 342 g/mol. The van der Waals surface area contributed by atoms with Crippen molar-refractivity contribution in [1.82, 2.24) is 0 Å². The minimum atomic E-state index is -0.547. The van der Waals surface area contributed by atoms with Crippen LogP contribution in [0.4, 0.5) is 17.1 Å². The fourth-order valence-corrected chi connectivity index (χ4v) is 3.57. The summed E-state index contributed by atoms with van der Waals surface area (Å²) < 4.78 is 0. The number of thioether (sulfide) groups is 1. The maximum atomic E-state index is 12.3. The van der Waals surface area contributed by atoms with Gasteiger partial charge < -0.3 is 10.6 Å². The number of hydrogen-bond acceptors (Lipinski definition) is 5. The lowest BCUT2D eigenvalue weighted by Crippen LogP contribution is -2.32. The zero-order valence-corrected chi connectivity index (χ0v) is 14.1. The number of amides is 2. The van der Waals surface area contributed by atoms with Crippen LogP contribution in [-0.2, 0) is 9.59 Å². The Hall–Kier alpha value is -2.87. The van der Waals surface area contributed by atoms with Crippen LogP contribution in [0, 0.1) is 17.0 Å². The Morgan fingerprint density at radius 2 is 2.08 bits per heavy atom. The van der Waals surface area contributed by atoms with Crippen LogP contribution >= 0.6 is 11.8 Å². The van der Waals surface area contributed by atoms with Crippen molar-refractivity contribution in [2.75, 3.05) is 10.6 Å². The number of hydrogen-bond donors (Lipinski definition) is 2. The number of carbonyl (C=O) groups excluding carboxylic acids is 2. The molecule has 25 heavy (non-hydrogen) atoms. The molecule has 0 bridgehead atoms. The average molecular weight is 357 g/mol. The zero-order valence-electron chi connectivity index (χ0n) is 13.3. The van der Waals surface area contributed by atoms with Crippen LogP contribution < -0.4 is 10.6 Å². The summed E-state index contributed by atoms with van der Waals surface area (Å²) >= 11 is 1.34. The molecule has 2 N–H and O–H groups in total. The first kappa shape index (κ1) is 17.0. The molecule has 0 unspecified atom stereocenters. The topological polar surface area (TPSA) is 101 Å². The summed E-state index contributed by atoms with van der Waals surface area (Å²) in [6.07, 6.45) is -0.0209. The third-order valence-corrected chi connectivity index (χ3v) is 5.06. The molecule has 0 radical (unpaired) electrons. The lowest BCUT2D eigenvalue weighted by Gasteiger charge is -2.23. The molecule has 128 valence electrons. The number of aryl methyl sites for hydroxylation is 1. The van der Waals surface area contributed by atoms with E-state index in [2.05, 4.69) is 10.6 Å². The molecule has 2 aromatic carbocycles. The summed E-state index contributed by atoms with van der Waals surface area (Å²) in [6, 6.07) is 11.7. The smallest absolute Gasteiger partial charge is 0.271 e. The molecule has 2 aromatic rings. The van der Waals surface area contributed by atoms with E-state index >= 15 is 0 Å². The van der Waals surface area contributed by atoms with Gasteiger partial charge in [0.05, 0.1) is 21.5 Å². The highest BCUT2D eigenvalue weighted by Crippen LogP contribution is 2.36. The molecule has 2 amide bonds. The zero-order chi connectivity index (χ0) is 18.0. The monoisotopic (exact) mass is 357 g/mol. The highest BCUT2D eigenvalue weighted by atomic mass is 32.2. The van der Waals surface area contributed by atoms with E-state index in [1.165, 1.54) is 23.9 Å². The molecule has 0 saturated heterocycles. The molecular formula is C17H15N3O4S. The van der Waals surface area contributed by atoms with E-state index in [1.54, 1.807) is 13.0 Å². The highest BCUT2D eigenvalue weighted by Gasteiger charge is 2.29. The SMILES string of the molecule is Cc1ccc([N+](=O)[O-])cc1NC(=O)C[C@@H]1Sc2ccccc2NC1=O.